The van der Waals surface area contributed by atoms with Crippen molar-refractivity contribution in [3.05, 3.63) is 76.3 Å². The summed E-state index contributed by atoms with van der Waals surface area (Å²) in [6, 6.07) is 15.3. The molecule has 0 bridgehead atoms. The average Bonchev–Trinajstić information content (AvgIpc) is 2.82. The minimum absolute atomic E-state index is 0.0332. The Morgan fingerprint density at radius 2 is 1.44 bits per heavy atom. The highest BCUT2D eigenvalue weighted by Gasteiger charge is 2.43. The van der Waals surface area contributed by atoms with Gasteiger partial charge in [-0.2, -0.15) is 0 Å². The molecule has 4 rings (SSSR count). The number of carbonyl (C=O) groups is 2. The molecule has 168 valence electrons. The summed E-state index contributed by atoms with van der Waals surface area (Å²) in [4.78, 5) is 28.6. The predicted molar refractivity (Wildman–Crippen MR) is 125 cm³/mol. The van der Waals surface area contributed by atoms with Crippen LogP contribution < -0.4 is 4.31 Å². The lowest BCUT2D eigenvalue weighted by Crippen LogP contribution is -2.43. The topological polar surface area (TPSA) is 74.8 Å². The summed E-state index contributed by atoms with van der Waals surface area (Å²) < 4.78 is 29.4. The lowest BCUT2D eigenvalue weighted by molar-refractivity contribution is 0.0939. The number of carbonyl (C=O) groups excluding carboxylic acids is 2. The van der Waals surface area contributed by atoms with Crippen LogP contribution in [0.5, 0.6) is 0 Å². The van der Waals surface area contributed by atoms with E-state index >= 15 is 0 Å². The van der Waals surface area contributed by atoms with E-state index in [1.807, 2.05) is 13.0 Å². The van der Waals surface area contributed by atoms with Gasteiger partial charge >= 0.3 is 0 Å². The van der Waals surface area contributed by atoms with Crippen LogP contribution in [0.2, 0.25) is 0 Å². The molecule has 1 fully saturated rings. The standard InChI is InChI=1S/C25H28N2O4S/c1-2-3-18-27(19-12-6-4-7-13-19)32(30,31)25-22(26-16-10-5-11-17-26)23(28)20-14-8-9-15-21(20)24(25)29/h4,6-9,12-15H,2-3,5,10-11,16-18H2,1H3. The van der Waals surface area contributed by atoms with E-state index in [9.17, 15) is 18.0 Å². The number of para-hydroxylation sites is 1. The fourth-order valence-electron chi connectivity index (χ4n) is 4.38. The minimum Gasteiger partial charge on any atom is -0.367 e. The third kappa shape index (κ3) is 3.97. The Morgan fingerprint density at radius 3 is 2.06 bits per heavy atom. The van der Waals surface area contributed by atoms with Crippen LogP contribution in [0.1, 0.15) is 59.7 Å². The first-order chi connectivity index (χ1) is 15.5. The minimum atomic E-state index is -4.27. The molecule has 1 heterocycles. The van der Waals surface area contributed by atoms with Crippen molar-refractivity contribution in [1.29, 1.82) is 0 Å². The maximum absolute atomic E-state index is 14.1. The molecule has 6 nitrogen and oxygen atoms in total. The molecule has 2 aromatic rings. The molecule has 0 amide bonds. The number of hydrogen-bond acceptors (Lipinski definition) is 5. The number of benzene rings is 2. The van der Waals surface area contributed by atoms with E-state index in [1.54, 1.807) is 47.4 Å². The van der Waals surface area contributed by atoms with Crippen LogP contribution in [0.25, 0.3) is 0 Å². The number of unbranched alkanes of at least 4 members (excludes halogenated alkanes) is 1. The van der Waals surface area contributed by atoms with E-state index in [0.717, 1.165) is 25.7 Å². The molecular weight excluding hydrogens is 424 g/mol. The Labute approximate surface area is 189 Å². The average molecular weight is 453 g/mol. The Balaban J connectivity index is 1.92. The van der Waals surface area contributed by atoms with Crippen molar-refractivity contribution in [1.82, 2.24) is 4.90 Å². The van der Waals surface area contributed by atoms with Gasteiger partial charge in [-0.25, -0.2) is 8.42 Å². The SMILES string of the molecule is CCCCN(c1ccccc1)S(=O)(=O)C1=C(N2CCCCC2)C(=O)c2ccccc2C1=O. The van der Waals surface area contributed by atoms with Gasteiger partial charge in [-0.05, 0) is 37.8 Å². The van der Waals surface area contributed by atoms with Crippen molar-refractivity contribution in [3.8, 4) is 0 Å². The summed E-state index contributed by atoms with van der Waals surface area (Å²) in [5.74, 6) is -0.984. The number of hydrogen-bond donors (Lipinski definition) is 0. The molecule has 0 N–H and O–H groups in total. The van der Waals surface area contributed by atoms with Gasteiger partial charge in [-0.15, -0.1) is 0 Å². The lowest BCUT2D eigenvalue weighted by Gasteiger charge is -2.35. The third-order valence-corrected chi connectivity index (χ3v) is 7.90. The number of allylic oxidation sites excluding steroid dienone is 2. The third-order valence-electron chi connectivity index (χ3n) is 6.03. The van der Waals surface area contributed by atoms with E-state index < -0.39 is 15.8 Å². The second-order valence-electron chi connectivity index (χ2n) is 8.20. The van der Waals surface area contributed by atoms with Gasteiger partial charge in [0.25, 0.3) is 10.0 Å². The second kappa shape index (κ2) is 9.28. The first-order valence-electron chi connectivity index (χ1n) is 11.2. The van der Waals surface area contributed by atoms with Crippen LogP contribution in [-0.2, 0) is 10.0 Å². The second-order valence-corrected chi connectivity index (χ2v) is 9.99. The van der Waals surface area contributed by atoms with E-state index in [0.29, 0.717) is 25.2 Å². The van der Waals surface area contributed by atoms with E-state index in [2.05, 4.69) is 0 Å². The van der Waals surface area contributed by atoms with E-state index in [1.165, 1.54) is 10.4 Å². The van der Waals surface area contributed by atoms with E-state index in [4.69, 9.17) is 0 Å². The number of sulfonamides is 1. The number of likely N-dealkylation sites (tertiary alicyclic amines) is 1. The van der Waals surface area contributed by atoms with Crippen molar-refractivity contribution in [2.24, 2.45) is 0 Å². The fourth-order valence-corrected chi connectivity index (χ4v) is 6.18. The summed E-state index contributed by atoms with van der Waals surface area (Å²) in [7, 11) is -4.27. The Hall–Kier alpha value is -2.93. The lowest BCUT2D eigenvalue weighted by atomic mass is 9.91. The Morgan fingerprint density at radius 1 is 0.844 bits per heavy atom. The van der Waals surface area contributed by atoms with Gasteiger partial charge in [-0.1, -0.05) is 55.8 Å². The number of fused-ring (bicyclic) bond motifs is 1. The number of rotatable bonds is 7. The molecule has 0 spiro atoms. The van der Waals surface area contributed by atoms with Crippen molar-refractivity contribution in [2.45, 2.75) is 39.0 Å². The molecule has 1 aliphatic carbocycles. The van der Waals surface area contributed by atoms with E-state index in [-0.39, 0.29) is 34.1 Å². The fraction of sp³-hybridized carbons (Fsp3) is 0.360. The number of nitrogens with zero attached hydrogens (tertiary/aromatic N) is 2. The molecule has 0 radical (unpaired) electrons. The van der Waals surface area contributed by atoms with Crippen LogP contribution in [0, 0.1) is 0 Å². The molecule has 0 saturated carbocycles. The summed E-state index contributed by atoms with van der Waals surface area (Å²) in [5, 5.41) is 0. The summed E-state index contributed by atoms with van der Waals surface area (Å²) in [6.07, 6.45) is 4.18. The number of Topliss-reactive ketones (excluding diaryl/α,β-unsaturated/α-hetero) is 2. The number of piperidine rings is 1. The highest BCUT2D eigenvalue weighted by Crippen LogP contribution is 2.35. The highest BCUT2D eigenvalue weighted by molar-refractivity contribution is 7.97. The maximum Gasteiger partial charge on any atom is 0.270 e. The van der Waals surface area contributed by atoms with Crippen LogP contribution in [0.15, 0.2) is 65.2 Å². The smallest absolute Gasteiger partial charge is 0.270 e. The van der Waals surface area contributed by atoms with Crippen LogP contribution in [-0.4, -0.2) is 44.5 Å². The largest absolute Gasteiger partial charge is 0.367 e. The van der Waals surface area contributed by atoms with Gasteiger partial charge in [0.05, 0.1) is 5.69 Å². The normalized spacial score (nSPS) is 16.8. The van der Waals surface area contributed by atoms with Crippen molar-refractivity contribution in [3.63, 3.8) is 0 Å². The molecule has 0 aromatic heterocycles. The van der Waals surface area contributed by atoms with Crippen molar-refractivity contribution < 1.29 is 18.0 Å². The molecule has 7 heteroatoms. The zero-order valence-corrected chi connectivity index (χ0v) is 19.1. The molecular formula is C25H28N2O4S. The molecule has 1 aliphatic heterocycles. The van der Waals surface area contributed by atoms with Crippen LogP contribution in [0.3, 0.4) is 0 Å². The molecule has 32 heavy (non-hydrogen) atoms. The van der Waals surface area contributed by atoms with Gasteiger partial charge in [0, 0.05) is 30.8 Å². The van der Waals surface area contributed by atoms with Crippen molar-refractivity contribution >= 4 is 27.3 Å². The van der Waals surface area contributed by atoms with Gasteiger partial charge in [-0.3, -0.25) is 13.9 Å². The Kier molecular flexibility index (Phi) is 6.46. The summed E-state index contributed by atoms with van der Waals surface area (Å²) >= 11 is 0. The monoisotopic (exact) mass is 452 g/mol. The Bertz CT molecular complexity index is 1150. The van der Waals surface area contributed by atoms with Gasteiger partial charge < -0.3 is 4.90 Å². The molecule has 2 aromatic carbocycles. The van der Waals surface area contributed by atoms with Crippen LogP contribution in [0.4, 0.5) is 5.69 Å². The molecule has 0 unspecified atom stereocenters. The molecule has 0 atom stereocenters. The summed E-state index contributed by atoms with van der Waals surface area (Å²) in [5.41, 5.74) is 0.952. The first kappa shape index (κ1) is 22.3. The van der Waals surface area contributed by atoms with Crippen LogP contribution >= 0.6 is 0 Å². The van der Waals surface area contributed by atoms with Gasteiger partial charge in [0.1, 0.15) is 5.70 Å². The predicted octanol–water partition coefficient (Wildman–Crippen LogP) is 4.40. The maximum atomic E-state index is 14.1. The highest BCUT2D eigenvalue weighted by atomic mass is 32.2. The van der Waals surface area contributed by atoms with Crippen molar-refractivity contribution in [2.75, 3.05) is 23.9 Å². The quantitative estimate of drug-likeness (QED) is 0.622. The molecule has 1 saturated heterocycles. The number of anilines is 1. The molecule has 2 aliphatic rings. The first-order valence-corrected chi connectivity index (χ1v) is 12.7. The number of ketones is 2. The van der Waals surface area contributed by atoms with Gasteiger partial charge in [0.15, 0.2) is 4.91 Å². The zero-order valence-electron chi connectivity index (χ0n) is 18.3. The van der Waals surface area contributed by atoms with Gasteiger partial charge in [0.2, 0.25) is 11.6 Å². The summed E-state index contributed by atoms with van der Waals surface area (Å²) in [6.45, 7) is 3.36. The zero-order chi connectivity index (χ0) is 22.7.